The lowest BCUT2D eigenvalue weighted by Crippen LogP contribution is -2.41. The van der Waals surface area contributed by atoms with E-state index < -0.39 is 0 Å². The number of nitrogens with one attached hydrogen (secondary N) is 2. The molecule has 0 saturated carbocycles. The summed E-state index contributed by atoms with van der Waals surface area (Å²) in [7, 11) is 1.89. The van der Waals surface area contributed by atoms with Crippen molar-refractivity contribution in [2.75, 3.05) is 0 Å². The second-order valence-electron chi connectivity index (χ2n) is 7.03. The first-order valence-electron chi connectivity index (χ1n) is 9.36. The highest BCUT2D eigenvalue weighted by Crippen LogP contribution is 2.21. The minimum atomic E-state index is -0.355. The van der Waals surface area contributed by atoms with Gasteiger partial charge in [0.05, 0.1) is 11.1 Å². The zero-order valence-electron chi connectivity index (χ0n) is 16.6. The number of hydrazine groups is 1. The van der Waals surface area contributed by atoms with E-state index >= 15 is 0 Å². The van der Waals surface area contributed by atoms with Crippen LogP contribution in [0.3, 0.4) is 0 Å². The van der Waals surface area contributed by atoms with Crippen molar-refractivity contribution in [3.05, 3.63) is 89.4 Å². The number of nitrogens with zero attached hydrogens (tertiary/aromatic N) is 2. The molecule has 2 aromatic carbocycles. The highest BCUT2D eigenvalue weighted by atomic mass is 16.2. The van der Waals surface area contributed by atoms with Gasteiger partial charge in [-0.25, -0.2) is 0 Å². The minimum absolute atomic E-state index is 0.353. The molecule has 0 aliphatic carbocycles. The number of hydrogen-bond acceptors (Lipinski definition) is 2. The van der Waals surface area contributed by atoms with Crippen LogP contribution in [0.5, 0.6) is 0 Å². The summed E-state index contributed by atoms with van der Waals surface area (Å²) < 4.78 is 3.90. The Balaban J connectivity index is 1.54. The first-order chi connectivity index (χ1) is 14.0. The molecule has 2 aromatic heterocycles. The second-order valence-corrected chi connectivity index (χ2v) is 7.03. The molecular weight excluding hydrogens is 364 g/mol. The van der Waals surface area contributed by atoms with E-state index in [4.69, 9.17) is 0 Å². The predicted octanol–water partition coefficient (Wildman–Crippen LogP) is 3.66. The lowest BCUT2D eigenvalue weighted by Gasteiger charge is -2.10. The molecule has 0 aliphatic rings. The van der Waals surface area contributed by atoms with Crippen LogP contribution in [0.25, 0.3) is 16.6 Å². The Bertz CT molecular complexity index is 1220. The summed E-state index contributed by atoms with van der Waals surface area (Å²) in [5.74, 6) is -0.708. The molecule has 0 bridgehead atoms. The lowest BCUT2D eigenvalue weighted by molar-refractivity contribution is 0.0847. The summed E-state index contributed by atoms with van der Waals surface area (Å²) >= 11 is 0. The molecule has 2 amide bonds. The van der Waals surface area contributed by atoms with Crippen molar-refractivity contribution in [3.8, 4) is 5.69 Å². The quantitative estimate of drug-likeness (QED) is 0.528. The highest BCUT2D eigenvalue weighted by Gasteiger charge is 2.18. The monoisotopic (exact) mass is 386 g/mol. The Labute approximate surface area is 168 Å². The summed E-state index contributed by atoms with van der Waals surface area (Å²) in [6, 6.07) is 19.3. The van der Waals surface area contributed by atoms with Gasteiger partial charge < -0.3 is 9.13 Å². The normalized spacial score (nSPS) is 10.9. The number of aromatic nitrogens is 2. The molecule has 29 heavy (non-hydrogen) atoms. The molecule has 0 unspecified atom stereocenters. The van der Waals surface area contributed by atoms with E-state index in [1.54, 1.807) is 6.20 Å². The Hall–Kier alpha value is -3.80. The molecule has 6 heteroatoms. The van der Waals surface area contributed by atoms with Gasteiger partial charge in [0.25, 0.3) is 11.8 Å². The molecule has 0 aliphatic heterocycles. The van der Waals surface area contributed by atoms with Crippen molar-refractivity contribution < 1.29 is 9.59 Å². The van der Waals surface area contributed by atoms with Crippen molar-refractivity contribution in [3.63, 3.8) is 0 Å². The van der Waals surface area contributed by atoms with E-state index in [9.17, 15) is 9.59 Å². The van der Waals surface area contributed by atoms with Gasteiger partial charge in [0.15, 0.2) is 0 Å². The lowest BCUT2D eigenvalue weighted by atomic mass is 10.2. The predicted molar refractivity (Wildman–Crippen MR) is 113 cm³/mol. The first kappa shape index (κ1) is 18.6. The van der Waals surface area contributed by atoms with Crippen LogP contribution in [0.15, 0.2) is 66.9 Å². The molecule has 4 aromatic rings. The molecule has 2 N–H and O–H groups in total. The molecule has 4 rings (SSSR count). The van der Waals surface area contributed by atoms with Crippen molar-refractivity contribution >= 4 is 22.7 Å². The third kappa shape index (κ3) is 3.29. The first-order valence-corrected chi connectivity index (χ1v) is 9.36. The standard InChI is InChI=1S/C23H22N4O2/c1-15-13-19(16(2)27(15)17-9-5-4-6-10-17)22(28)24-25-23(29)20-14-26(3)21-12-8-7-11-18(20)21/h4-14H,1-3H3,(H,24,28)(H,25,29). The number of benzene rings is 2. The van der Waals surface area contributed by atoms with Gasteiger partial charge in [-0.1, -0.05) is 36.4 Å². The molecule has 6 nitrogen and oxygen atoms in total. The van der Waals surface area contributed by atoms with Crippen LogP contribution in [0.4, 0.5) is 0 Å². The van der Waals surface area contributed by atoms with E-state index in [-0.39, 0.29) is 11.8 Å². The van der Waals surface area contributed by atoms with Crippen LogP contribution in [-0.4, -0.2) is 20.9 Å². The topological polar surface area (TPSA) is 68.1 Å². The number of fused-ring (bicyclic) bond motifs is 1. The average Bonchev–Trinajstić information content (AvgIpc) is 3.23. The van der Waals surface area contributed by atoms with Crippen LogP contribution in [0.2, 0.25) is 0 Å². The van der Waals surface area contributed by atoms with E-state index in [2.05, 4.69) is 10.9 Å². The number of carbonyl (C=O) groups excluding carboxylic acids is 2. The van der Waals surface area contributed by atoms with Crippen molar-refractivity contribution in [1.29, 1.82) is 0 Å². The maximum Gasteiger partial charge on any atom is 0.271 e. The van der Waals surface area contributed by atoms with Crippen LogP contribution < -0.4 is 10.9 Å². The molecule has 146 valence electrons. The zero-order valence-corrected chi connectivity index (χ0v) is 16.6. The van der Waals surface area contributed by atoms with Crippen LogP contribution in [0.1, 0.15) is 32.1 Å². The van der Waals surface area contributed by atoms with E-state index in [1.165, 1.54) is 0 Å². The van der Waals surface area contributed by atoms with E-state index in [0.29, 0.717) is 11.1 Å². The largest absolute Gasteiger partial charge is 0.350 e. The average molecular weight is 386 g/mol. The summed E-state index contributed by atoms with van der Waals surface area (Å²) in [5, 5.41) is 0.837. The number of carbonyl (C=O) groups is 2. The SMILES string of the molecule is Cc1cc(C(=O)NNC(=O)c2cn(C)c3ccccc23)c(C)n1-c1ccccc1. The van der Waals surface area contributed by atoms with Gasteiger partial charge in [-0.15, -0.1) is 0 Å². The number of para-hydroxylation sites is 2. The summed E-state index contributed by atoms with van der Waals surface area (Å²) in [6.45, 7) is 3.84. The van der Waals surface area contributed by atoms with Gasteiger partial charge in [0, 0.05) is 41.2 Å². The van der Waals surface area contributed by atoms with Crippen molar-refractivity contribution in [2.24, 2.45) is 7.05 Å². The molecule has 0 spiro atoms. The summed E-state index contributed by atoms with van der Waals surface area (Å²) in [6.07, 6.45) is 1.76. The third-order valence-corrected chi connectivity index (χ3v) is 5.12. The minimum Gasteiger partial charge on any atom is -0.350 e. The molecule has 0 atom stereocenters. The third-order valence-electron chi connectivity index (χ3n) is 5.12. The smallest absolute Gasteiger partial charge is 0.271 e. The molecule has 0 radical (unpaired) electrons. The van der Waals surface area contributed by atoms with Crippen LogP contribution in [-0.2, 0) is 7.05 Å². The van der Waals surface area contributed by atoms with Gasteiger partial charge in [0.2, 0.25) is 0 Å². The van der Waals surface area contributed by atoms with Gasteiger partial charge in [-0.3, -0.25) is 20.4 Å². The van der Waals surface area contributed by atoms with Gasteiger partial charge in [-0.05, 0) is 38.1 Å². The molecule has 0 fully saturated rings. The molecule has 2 heterocycles. The Morgan fingerprint density at radius 1 is 0.828 bits per heavy atom. The van der Waals surface area contributed by atoms with Crippen LogP contribution in [0, 0.1) is 13.8 Å². The number of amides is 2. The maximum absolute atomic E-state index is 12.7. The number of aryl methyl sites for hydroxylation is 2. The number of rotatable bonds is 3. The van der Waals surface area contributed by atoms with E-state index in [0.717, 1.165) is 28.0 Å². The summed E-state index contributed by atoms with van der Waals surface area (Å²) in [5.41, 5.74) is 9.81. The van der Waals surface area contributed by atoms with Crippen molar-refractivity contribution in [2.45, 2.75) is 13.8 Å². The number of hydrogen-bond donors (Lipinski definition) is 2. The molecular formula is C23H22N4O2. The van der Waals surface area contributed by atoms with E-state index in [1.807, 2.05) is 90.7 Å². The zero-order chi connectivity index (χ0) is 20.5. The van der Waals surface area contributed by atoms with Crippen molar-refractivity contribution in [1.82, 2.24) is 20.0 Å². The fraction of sp³-hybridized carbons (Fsp3) is 0.130. The second kappa shape index (κ2) is 7.31. The van der Waals surface area contributed by atoms with Gasteiger partial charge in [0.1, 0.15) is 0 Å². The fourth-order valence-electron chi connectivity index (χ4n) is 3.74. The fourth-order valence-corrected chi connectivity index (χ4v) is 3.74. The highest BCUT2D eigenvalue weighted by molar-refractivity contribution is 6.08. The Morgan fingerprint density at radius 3 is 2.17 bits per heavy atom. The van der Waals surface area contributed by atoms with Crippen LogP contribution >= 0.6 is 0 Å². The van der Waals surface area contributed by atoms with Gasteiger partial charge in [-0.2, -0.15) is 0 Å². The Kier molecular flexibility index (Phi) is 4.68. The van der Waals surface area contributed by atoms with Gasteiger partial charge >= 0.3 is 0 Å². The summed E-state index contributed by atoms with van der Waals surface area (Å²) in [4.78, 5) is 25.4. The Morgan fingerprint density at radius 2 is 1.45 bits per heavy atom. The maximum atomic E-state index is 12.7. The molecule has 0 saturated heterocycles.